The van der Waals surface area contributed by atoms with E-state index in [0.29, 0.717) is 0 Å². The molecule has 2 heterocycles. The number of hydrogen-bond acceptors (Lipinski definition) is 4. The molecule has 0 N–H and O–H groups in total. The van der Waals surface area contributed by atoms with E-state index in [1.807, 2.05) is 11.3 Å². The van der Waals surface area contributed by atoms with Crippen molar-refractivity contribution >= 4 is 80.9 Å². The number of thiazole rings is 1. The van der Waals surface area contributed by atoms with E-state index in [9.17, 15) is 0 Å². The van der Waals surface area contributed by atoms with Gasteiger partial charge in [0.05, 0.1) is 15.9 Å². The van der Waals surface area contributed by atoms with E-state index in [1.165, 1.54) is 69.0 Å². The summed E-state index contributed by atoms with van der Waals surface area (Å²) in [5, 5.41) is 6.10. The molecule has 0 aliphatic rings. The lowest BCUT2D eigenvalue weighted by atomic mass is 9.96. The second-order valence-corrected chi connectivity index (χ2v) is 16.4. The van der Waals surface area contributed by atoms with Crippen LogP contribution >= 0.6 is 22.7 Å². The zero-order valence-corrected chi connectivity index (χ0v) is 32.5. The average molecular weight is 763 g/mol. The quantitative estimate of drug-likeness (QED) is 0.161. The average Bonchev–Trinajstić information content (AvgIpc) is 3.89. The highest BCUT2D eigenvalue weighted by atomic mass is 32.1. The summed E-state index contributed by atoms with van der Waals surface area (Å²) in [6.45, 7) is 0. The number of aromatic nitrogens is 1. The van der Waals surface area contributed by atoms with Crippen LogP contribution in [0.1, 0.15) is 0 Å². The number of anilines is 3. The summed E-state index contributed by atoms with van der Waals surface area (Å²) in [4.78, 5) is 7.43. The highest BCUT2D eigenvalue weighted by Crippen LogP contribution is 2.46. The Labute approximate surface area is 339 Å². The molecule has 0 saturated heterocycles. The Hall–Kier alpha value is -6.85. The van der Waals surface area contributed by atoms with Crippen LogP contribution in [-0.4, -0.2) is 4.98 Å². The molecule has 0 amide bonds. The van der Waals surface area contributed by atoms with Crippen LogP contribution in [0, 0.1) is 0 Å². The number of fused-ring (bicyclic) bond motifs is 6. The summed E-state index contributed by atoms with van der Waals surface area (Å²) in [5.41, 5.74) is 12.7. The van der Waals surface area contributed by atoms with Gasteiger partial charge in [0.15, 0.2) is 0 Å². The molecule has 268 valence electrons. The number of thiophene rings is 1. The van der Waals surface area contributed by atoms with Crippen LogP contribution in [0.3, 0.4) is 0 Å². The first-order valence-corrected chi connectivity index (χ1v) is 20.8. The molecule has 0 radical (unpaired) electrons. The summed E-state index contributed by atoms with van der Waals surface area (Å²) < 4.78 is 3.85. The molecular weight excluding hydrogens is 729 g/mol. The van der Waals surface area contributed by atoms with Crippen LogP contribution in [0.25, 0.3) is 85.1 Å². The minimum absolute atomic E-state index is 1.06. The zero-order valence-electron chi connectivity index (χ0n) is 30.8. The Bertz CT molecular complexity index is 3220. The standard InChI is InChI=1S/C53H34N2S2/c1-4-12-35(13-5-1)41-24-30-48(46(33-41)38-15-6-2-7-16-38)55(44-27-22-36-14-10-11-19-40(36)32-44)43-25-20-37(21-26-43)42-23-28-45-50(34-42)56-49-31-29-47-52(51(45)49)57-53(54-47)39-17-8-3-9-18-39/h1-34H. The van der Waals surface area contributed by atoms with Gasteiger partial charge in [0, 0.05) is 42.7 Å². The second-order valence-electron chi connectivity index (χ2n) is 14.4. The van der Waals surface area contributed by atoms with E-state index in [1.54, 1.807) is 11.3 Å². The van der Waals surface area contributed by atoms with Crippen LogP contribution < -0.4 is 4.90 Å². The predicted octanol–water partition coefficient (Wildman–Crippen LogP) is 16.0. The Morgan fingerprint density at radius 3 is 1.77 bits per heavy atom. The van der Waals surface area contributed by atoms with Gasteiger partial charge in [-0.05, 0) is 93.2 Å². The van der Waals surface area contributed by atoms with Crippen LogP contribution in [-0.2, 0) is 0 Å². The van der Waals surface area contributed by atoms with Gasteiger partial charge in [-0.1, -0.05) is 152 Å². The molecular formula is C53H34N2S2. The first-order valence-electron chi connectivity index (χ1n) is 19.2. The van der Waals surface area contributed by atoms with Gasteiger partial charge in [0.25, 0.3) is 0 Å². The third kappa shape index (κ3) is 6.07. The molecule has 0 atom stereocenters. The Morgan fingerprint density at radius 1 is 0.386 bits per heavy atom. The van der Waals surface area contributed by atoms with Gasteiger partial charge in [0.2, 0.25) is 0 Å². The van der Waals surface area contributed by atoms with Crippen LogP contribution in [0.2, 0.25) is 0 Å². The van der Waals surface area contributed by atoms with Gasteiger partial charge in [-0.2, -0.15) is 0 Å². The molecule has 0 fully saturated rings. The molecule has 0 bridgehead atoms. The minimum Gasteiger partial charge on any atom is -0.310 e. The Balaban J connectivity index is 1.02. The van der Waals surface area contributed by atoms with Gasteiger partial charge >= 0.3 is 0 Å². The van der Waals surface area contributed by atoms with Crippen molar-refractivity contribution in [3.63, 3.8) is 0 Å². The van der Waals surface area contributed by atoms with E-state index in [2.05, 4.69) is 211 Å². The molecule has 11 aromatic rings. The minimum atomic E-state index is 1.06. The Morgan fingerprint density at radius 2 is 1.00 bits per heavy atom. The van der Waals surface area contributed by atoms with Crippen LogP contribution in [0.4, 0.5) is 17.1 Å². The van der Waals surface area contributed by atoms with Crippen molar-refractivity contribution in [2.24, 2.45) is 0 Å². The van der Waals surface area contributed by atoms with Gasteiger partial charge in [-0.3, -0.25) is 0 Å². The molecule has 0 spiro atoms. The van der Waals surface area contributed by atoms with E-state index in [-0.39, 0.29) is 0 Å². The summed E-state index contributed by atoms with van der Waals surface area (Å²) in [7, 11) is 0. The van der Waals surface area contributed by atoms with Crippen molar-refractivity contribution < 1.29 is 0 Å². The smallest absolute Gasteiger partial charge is 0.124 e. The fraction of sp³-hybridized carbons (Fsp3) is 0. The fourth-order valence-electron chi connectivity index (χ4n) is 8.07. The maximum Gasteiger partial charge on any atom is 0.124 e. The van der Waals surface area contributed by atoms with E-state index >= 15 is 0 Å². The normalized spacial score (nSPS) is 11.5. The summed E-state index contributed by atoms with van der Waals surface area (Å²) >= 11 is 3.65. The largest absolute Gasteiger partial charge is 0.310 e. The predicted molar refractivity (Wildman–Crippen MR) is 246 cm³/mol. The van der Waals surface area contributed by atoms with Crippen molar-refractivity contribution in [1.82, 2.24) is 4.98 Å². The number of rotatable bonds is 7. The topological polar surface area (TPSA) is 16.1 Å². The number of benzene rings is 9. The highest BCUT2D eigenvalue weighted by Gasteiger charge is 2.20. The first-order chi connectivity index (χ1) is 28.2. The van der Waals surface area contributed by atoms with Gasteiger partial charge in [-0.15, -0.1) is 22.7 Å². The zero-order chi connectivity index (χ0) is 37.7. The van der Waals surface area contributed by atoms with Crippen molar-refractivity contribution in [1.29, 1.82) is 0 Å². The SMILES string of the molecule is c1ccc(-c2ccc(N(c3ccc(-c4ccc5c(c4)sc4ccc6nc(-c7ccccc7)sc6c45)cc3)c3ccc4ccccc4c3)c(-c3ccccc3)c2)cc1. The third-order valence-electron chi connectivity index (χ3n) is 10.9. The fourth-order valence-corrected chi connectivity index (χ4v) is 10.4. The van der Waals surface area contributed by atoms with E-state index in [4.69, 9.17) is 4.98 Å². The lowest BCUT2D eigenvalue weighted by Crippen LogP contribution is -2.11. The summed E-state index contributed by atoms with van der Waals surface area (Å²) in [5.74, 6) is 0. The van der Waals surface area contributed by atoms with Gasteiger partial charge in [-0.25, -0.2) is 4.98 Å². The molecule has 0 unspecified atom stereocenters. The molecule has 0 saturated carbocycles. The number of nitrogens with zero attached hydrogens (tertiary/aromatic N) is 2. The van der Waals surface area contributed by atoms with Crippen molar-refractivity contribution in [3.8, 4) is 44.0 Å². The molecule has 57 heavy (non-hydrogen) atoms. The van der Waals surface area contributed by atoms with Gasteiger partial charge in [0.1, 0.15) is 5.01 Å². The molecule has 2 aromatic heterocycles. The van der Waals surface area contributed by atoms with Crippen LogP contribution in [0.15, 0.2) is 206 Å². The lowest BCUT2D eigenvalue weighted by Gasteiger charge is -2.29. The van der Waals surface area contributed by atoms with Crippen molar-refractivity contribution in [2.45, 2.75) is 0 Å². The summed E-state index contributed by atoms with van der Waals surface area (Å²) in [6.07, 6.45) is 0. The van der Waals surface area contributed by atoms with Gasteiger partial charge < -0.3 is 4.90 Å². The van der Waals surface area contributed by atoms with Crippen LogP contribution in [0.5, 0.6) is 0 Å². The maximum atomic E-state index is 5.03. The molecule has 4 heteroatoms. The Kier molecular flexibility index (Phi) is 8.24. The molecule has 11 rings (SSSR count). The number of hydrogen-bond donors (Lipinski definition) is 0. The monoisotopic (exact) mass is 762 g/mol. The van der Waals surface area contributed by atoms with E-state index in [0.717, 1.165) is 33.1 Å². The van der Waals surface area contributed by atoms with Crippen molar-refractivity contribution in [2.75, 3.05) is 4.90 Å². The molecule has 2 nitrogen and oxygen atoms in total. The first kappa shape index (κ1) is 33.5. The highest BCUT2D eigenvalue weighted by molar-refractivity contribution is 7.28. The van der Waals surface area contributed by atoms with E-state index < -0.39 is 0 Å². The summed E-state index contributed by atoms with van der Waals surface area (Å²) in [6, 6.07) is 74.6. The lowest BCUT2D eigenvalue weighted by molar-refractivity contribution is 1.29. The van der Waals surface area contributed by atoms with Crippen molar-refractivity contribution in [3.05, 3.63) is 206 Å². The second kappa shape index (κ2) is 14.0. The molecule has 9 aromatic carbocycles. The third-order valence-corrected chi connectivity index (χ3v) is 13.1. The molecule has 0 aliphatic heterocycles. The molecule has 0 aliphatic carbocycles. The maximum absolute atomic E-state index is 5.03.